The highest BCUT2D eigenvalue weighted by molar-refractivity contribution is 6.74. The van der Waals surface area contributed by atoms with Crippen LogP contribution in [0.2, 0.25) is 18.1 Å². The molecule has 11 nitrogen and oxygen atoms in total. The number of hydrogen-bond acceptors (Lipinski definition) is 8. The standard InChI is InChI=1S/C20H33N5O6Si/c1-10(2)16(28)23-19-22-15-12(17(29)24-19)21-9-25(15)18-14(27)13(26)11(31-18)8-30-32(6,7)20(3,4)5/h9-11,13-14,18,26-27H,8H2,1-7H3,(H2,22,23,24,28,29)/t11-,13-,14-,18-/m1/s1. The second-order valence-corrected chi connectivity index (χ2v) is 14.8. The van der Waals surface area contributed by atoms with Gasteiger partial charge in [-0.05, 0) is 18.1 Å². The number of aliphatic hydroxyl groups excluding tert-OH is 2. The molecule has 1 aliphatic rings. The Hall–Kier alpha value is -2.12. The van der Waals surface area contributed by atoms with E-state index < -0.39 is 38.4 Å². The molecule has 0 aliphatic carbocycles. The molecule has 2 aromatic rings. The molecule has 0 aromatic carbocycles. The van der Waals surface area contributed by atoms with E-state index >= 15 is 0 Å². The number of amides is 1. The second-order valence-electron chi connectivity index (χ2n) is 10.0. The van der Waals surface area contributed by atoms with Gasteiger partial charge >= 0.3 is 0 Å². The van der Waals surface area contributed by atoms with E-state index in [4.69, 9.17) is 9.16 Å². The Morgan fingerprint density at radius 2 is 2.00 bits per heavy atom. The van der Waals surface area contributed by atoms with Crippen molar-refractivity contribution < 1.29 is 24.2 Å². The zero-order valence-electron chi connectivity index (χ0n) is 19.5. The lowest BCUT2D eigenvalue weighted by Gasteiger charge is -2.37. The number of nitrogens with one attached hydrogen (secondary N) is 2. The maximum absolute atomic E-state index is 12.4. The molecule has 2 aromatic heterocycles. The highest BCUT2D eigenvalue weighted by atomic mass is 28.4. The number of rotatable bonds is 6. The van der Waals surface area contributed by atoms with Crippen LogP contribution >= 0.6 is 0 Å². The normalized spacial score (nSPS) is 24.4. The Morgan fingerprint density at radius 1 is 1.34 bits per heavy atom. The molecule has 178 valence electrons. The minimum absolute atomic E-state index is 0.0170. The molecule has 4 N–H and O–H groups in total. The molecule has 0 saturated carbocycles. The average molecular weight is 468 g/mol. The van der Waals surface area contributed by atoms with Crippen molar-refractivity contribution in [3.63, 3.8) is 0 Å². The van der Waals surface area contributed by atoms with E-state index in [0.717, 1.165) is 0 Å². The first-order valence-corrected chi connectivity index (χ1v) is 13.6. The number of hydrogen-bond donors (Lipinski definition) is 4. The first-order chi connectivity index (χ1) is 14.7. The van der Waals surface area contributed by atoms with Gasteiger partial charge in [-0.25, -0.2) is 4.98 Å². The van der Waals surface area contributed by atoms with E-state index in [1.165, 1.54) is 10.9 Å². The smallest absolute Gasteiger partial charge is 0.280 e. The van der Waals surface area contributed by atoms with Crippen molar-refractivity contribution >= 4 is 31.3 Å². The summed E-state index contributed by atoms with van der Waals surface area (Å²) in [5.74, 6) is -0.652. The topological polar surface area (TPSA) is 152 Å². The zero-order chi connectivity index (χ0) is 24.0. The van der Waals surface area contributed by atoms with Gasteiger partial charge in [0.2, 0.25) is 11.9 Å². The van der Waals surface area contributed by atoms with Gasteiger partial charge in [0, 0.05) is 5.92 Å². The quantitative estimate of drug-likeness (QED) is 0.465. The summed E-state index contributed by atoms with van der Waals surface area (Å²) in [6.45, 7) is 14.1. The van der Waals surface area contributed by atoms with Crippen LogP contribution in [0.4, 0.5) is 5.95 Å². The lowest BCUT2D eigenvalue weighted by Crippen LogP contribution is -2.44. The number of aromatic amines is 1. The predicted molar refractivity (Wildman–Crippen MR) is 121 cm³/mol. The number of H-pyrrole nitrogens is 1. The van der Waals surface area contributed by atoms with Gasteiger partial charge < -0.3 is 19.4 Å². The van der Waals surface area contributed by atoms with Crippen LogP contribution in [0.1, 0.15) is 40.8 Å². The van der Waals surface area contributed by atoms with Crippen LogP contribution in [-0.4, -0.2) is 68.9 Å². The van der Waals surface area contributed by atoms with Gasteiger partial charge in [0.1, 0.15) is 18.3 Å². The van der Waals surface area contributed by atoms with Gasteiger partial charge in [0.05, 0.1) is 12.9 Å². The van der Waals surface area contributed by atoms with Crippen LogP contribution in [0.3, 0.4) is 0 Å². The second kappa shape index (κ2) is 8.67. The first-order valence-electron chi connectivity index (χ1n) is 10.7. The average Bonchev–Trinajstić information content (AvgIpc) is 3.21. The Bertz CT molecular complexity index is 1040. The fourth-order valence-corrected chi connectivity index (χ4v) is 4.05. The van der Waals surface area contributed by atoms with Gasteiger partial charge in [-0.15, -0.1) is 0 Å². The van der Waals surface area contributed by atoms with Crippen LogP contribution in [0.15, 0.2) is 11.1 Å². The number of carbonyl (C=O) groups is 1. The summed E-state index contributed by atoms with van der Waals surface area (Å²) in [5.41, 5.74) is -0.396. The third-order valence-electron chi connectivity index (χ3n) is 6.22. The van der Waals surface area contributed by atoms with Crippen molar-refractivity contribution in [3.05, 3.63) is 16.7 Å². The van der Waals surface area contributed by atoms with E-state index in [1.54, 1.807) is 13.8 Å². The Kier molecular flexibility index (Phi) is 6.64. The fraction of sp³-hybridized carbons (Fsp3) is 0.700. The molecule has 0 spiro atoms. The molecule has 1 amide bonds. The molecule has 1 saturated heterocycles. The number of ether oxygens (including phenoxy) is 1. The highest BCUT2D eigenvalue weighted by Gasteiger charge is 2.46. The van der Waals surface area contributed by atoms with Crippen LogP contribution in [0, 0.1) is 5.92 Å². The number of carbonyl (C=O) groups excluding carboxylic acids is 1. The predicted octanol–water partition coefficient (Wildman–Crippen LogP) is 1.36. The van der Waals surface area contributed by atoms with E-state index in [1.807, 2.05) is 0 Å². The molecule has 12 heteroatoms. The summed E-state index contributed by atoms with van der Waals surface area (Å²) in [4.78, 5) is 35.2. The zero-order valence-corrected chi connectivity index (χ0v) is 20.5. The molecular formula is C20H33N5O6Si. The molecule has 4 atom stereocenters. The van der Waals surface area contributed by atoms with E-state index in [9.17, 15) is 19.8 Å². The number of fused-ring (bicyclic) bond motifs is 1. The fourth-order valence-electron chi connectivity index (χ4n) is 3.04. The largest absolute Gasteiger partial charge is 0.414 e. The van der Waals surface area contributed by atoms with Crippen molar-refractivity contribution in [1.29, 1.82) is 0 Å². The van der Waals surface area contributed by atoms with Crippen LogP contribution in [0.25, 0.3) is 11.2 Å². The number of imidazole rings is 1. The highest BCUT2D eigenvalue weighted by Crippen LogP contribution is 2.38. The SMILES string of the molecule is CC(C)C(=O)Nc1nc2c(ncn2[C@@H]2O[C@H](CO[Si](C)(C)C(C)(C)C)[C@@H](O)[C@H]2O)c(=O)[nH]1. The number of anilines is 1. The summed E-state index contributed by atoms with van der Waals surface area (Å²) in [6.07, 6.45) is -2.94. The summed E-state index contributed by atoms with van der Waals surface area (Å²) in [6, 6.07) is 0. The molecule has 0 unspecified atom stereocenters. The maximum atomic E-state index is 12.4. The summed E-state index contributed by atoms with van der Waals surface area (Å²) in [7, 11) is -2.09. The van der Waals surface area contributed by atoms with Gasteiger partial charge in [0.25, 0.3) is 5.56 Å². The van der Waals surface area contributed by atoms with E-state index in [-0.39, 0.29) is 40.6 Å². The van der Waals surface area contributed by atoms with Crippen LogP contribution < -0.4 is 10.9 Å². The first kappa shape index (κ1) is 24.5. The van der Waals surface area contributed by atoms with E-state index in [2.05, 4.69) is 54.1 Å². The number of nitrogens with zero attached hydrogens (tertiary/aromatic N) is 3. The summed E-state index contributed by atoms with van der Waals surface area (Å²) < 4.78 is 13.5. The van der Waals surface area contributed by atoms with Gasteiger partial charge in [-0.3, -0.25) is 24.5 Å². The van der Waals surface area contributed by atoms with Gasteiger partial charge in [0.15, 0.2) is 25.7 Å². The van der Waals surface area contributed by atoms with Crippen molar-refractivity contribution in [2.75, 3.05) is 11.9 Å². The van der Waals surface area contributed by atoms with E-state index in [0.29, 0.717) is 0 Å². The lowest BCUT2D eigenvalue weighted by molar-refractivity contribution is -0.118. The molecular weight excluding hydrogens is 434 g/mol. The molecule has 0 radical (unpaired) electrons. The van der Waals surface area contributed by atoms with Crippen molar-refractivity contribution in [2.24, 2.45) is 5.92 Å². The lowest BCUT2D eigenvalue weighted by atomic mass is 10.1. The monoisotopic (exact) mass is 467 g/mol. The molecule has 3 heterocycles. The van der Waals surface area contributed by atoms with Gasteiger partial charge in [-0.1, -0.05) is 34.6 Å². The van der Waals surface area contributed by atoms with Gasteiger partial charge in [-0.2, -0.15) is 4.98 Å². The number of aromatic nitrogens is 4. The van der Waals surface area contributed by atoms with Crippen molar-refractivity contribution in [3.8, 4) is 0 Å². The van der Waals surface area contributed by atoms with Crippen molar-refractivity contribution in [1.82, 2.24) is 19.5 Å². The minimum Gasteiger partial charge on any atom is -0.414 e. The summed E-state index contributed by atoms with van der Waals surface area (Å²) >= 11 is 0. The summed E-state index contributed by atoms with van der Waals surface area (Å²) in [5, 5.41) is 23.8. The molecule has 3 rings (SSSR count). The number of aliphatic hydroxyl groups is 2. The van der Waals surface area contributed by atoms with Crippen LogP contribution in [0.5, 0.6) is 0 Å². The molecule has 1 aliphatic heterocycles. The maximum Gasteiger partial charge on any atom is 0.280 e. The molecule has 32 heavy (non-hydrogen) atoms. The Labute approximate surface area is 187 Å². The molecule has 0 bridgehead atoms. The molecule has 1 fully saturated rings. The van der Waals surface area contributed by atoms with Crippen molar-refractivity contribution in [2.45, 2.75) is 77.3 Å². The Balaban J connectivity index is 1.86. The third kappa shape index (κ3) is 4.64. The third-order valence-corrected chi connectivity index (χ3v) is 10.7. The van der Waals surface area contributed by atoms with Crippen LogP contribution in [-0.2, 0) is 14.0 Å². The Morgan fingerprint density at radius 3 is 2.59 bits per heavy atom. The minimum atomic E-state index is -2.09.